The highest BCUT2D eigenvalue weighted by Crippen LogP contribution is 2.08. The first-order chi connectivity index (χ1) is 5.72. The lowest BCUT2D eigenvalue weighted by atomic mass is 10.3. The fraction of sp³-hybridized carbons (Fsp3) is 0. The van der Waals surface area contributed by atoms with Gasteiger partial charge >= 0.3 is 6.09 Å². The molecule has 0 unspecified atom stereocenters. The number of carbonyl (C=O) groups excluding carboxylic acids is 1. The first kappa shape index (κ1) is 8.52. The monoisotopic (exact) mass is 168 g/mol. The first-order valence-corrected chi connectivity index (χ1v) is 3.21. The minimum atomic E-state index is -0.722. The van der Waals surface area contributed by atoms with E-state index in [1.54, 1.807) is 6.07 Å². The molecule has 0 saturated heterocycles. The summed E-state index contributed by atoms with van der Waals surface area (Å²) in [6.07, 6.45) is -0.722. The Bertz CT molecular complexity index is 288. The van der Waals surface area contributed by atoms with Gasteiger partial charge in [-0.15, -0.1) is 0 Å². The molecular formula is C8H7FNO2. The van der Waals surface area contributed by atoms with E-state index < -0.39 is 11.9 Å². The first-order valence-electron chi connectivity index (χ1n) is 3.21. The number of nitrogens with one attached hydrogen (secondary N) is 1. The van der Waals surface area contributed by atoms with Gasteiger partial charge in [0.15, 0.2) is 0 Å². The van der Waals surface area contributed by atoms with Gasteiger partial charge in [-0.05, 0) is 18.2 Å². The molecule has 63 valence electrons. The van der Waals surface area contributed by atoms with Crippen LogP contribution in [-0.2, 0) is 4.74 Å². The Morgan fingerprint density at radius 2 is 2.33 bits per heavy atom. The lowest BCUT2D eigenvalue weighted by Crippen LogP contribution is -2.09. The third kappa shape index (κ3) is 2.23. The summed E-state index contributed by atoms with van der Waals surface area (Å²) in [5, 5.41) is 2.27. The molecule has 0 heterocycles. The number of hydrogen-bond acceptors (Lipinski definition) is 2. The van der Waals surface area contributed by atoms with Crippen molar-refractivity contribution >= 4 is 11.8 Å². The molecule has 1 radical (unpaired) electrons. The summed E-state index contributed by atoms with van der Waals surface area (Å²) in [7, 11) is 2.90. The summed E-state index contributed by atoms with van der Waals surface area (Å²) in [6.45, 7) is 0. The topological polar surface area (TPSA) is 38.3 Å². The van der Waals surface area contributed by atoms with Crippen molar-refractivity contribution in [2.45, 2.75) is 0 Å². The molecule has 0 aliphatic heterocycles. The van der Waals surface area contributed by atoms with Crippen LogP contribution in [0.25, 0.3) is 0 Å². The molecule has 0 bridgehead atoms. The van der Waals surface area contributed by atoms with Crippen molar-refractivity contribution in [3.05, 3.63) is 37.2 Å². The quantitative estimate of drug-likeness (QED) is 0.697. The summed E-state index contributed by atoms with van der Waals surface area (Å²) in [6, 6.07) is 5.48. The molecule has 4 heteroatoms. The summed E-state index contributed by atoms with van der Waals surface area (Å²) >= 11 is 0. The summed E-state index contributed by atoms with van der Waals surface area (Å²) < 4.78 is 16.6. The zero-order valence-electron chi connectivity index (χ0n) is 6.21. The lowest BCUT2D eigenvalue weighted by Gasteiger charge is -2.01. The van der Waals surface area contributed by atoms with Crippen molar-refractivity contribution < 1.29 is 13.9 Å². The molecule has 0 fully saturated rings. The van der Waals surface area contributed by atoms with Crippen molar-refractivity contribution in [1.29, 1.82) is 0 Å². The van der Waals surface area contributed by atoms with Gasteiger partial charge in [-0.25, -0.2) is 9.18 Å². The second kappa shape index (κ2) is 3.71. The van der Waals surface area contributed by atoms with Crippen LogP contribution in [0.5, 0.6) is 0 Å². The van der Waals surface area contributed by atoms with E-state index in [-0.39, 0.29) is 0 Å². The highest BCUT2D eigenvalue weighted by Gasteiger charge is 1.99. The molecule has 0 aliphatic carbocycles. The zero-order chi connectivity index (χ0) is 8.97. The maximum Gasteiger partial charge on any atom is 0.411 e. The molecule has 0 aliphatic rings. The Hall–Kier alpha value is -1.58. The van der Waals surface area contributed by atoms with Crippen molar-refractivity contribution in [2.24, 2.45) is 0 Å². The molecule has 1 rings (SSSR count). The molecule has 0 spiro atoms. The van der Waals surface area contributed by atoms with Crippen LogP contribution in [0.1, 0.15) is 0 Å². The molecule has 0 atom stereocenters. The van der Waals surface area contributed by atoms with E-state index in [0.29, 0.717) is 5.69 Å². The molecule has 1 aromatic rings. The van der Waals surface area contributed by atoms with Crippen molar-refractivity contribution in [1.82, 2.24) is 0 Å². The SMILES string of the molecule is [CH2]OC(=O)Nc1cccc(F)c1. The van der Waals surface area contributed by atoms with Crippen LogP contribution in [0.15, 0.2) is 24.3 Å². The Morgan fingerprint density at radius 1 is 1.58 bits per heavy atom. The normalized spacial score (nSPS) is 9.17. The third-order valence-electron chi connectivity index (χ3n) is 1.20. The van der Waals surface area contributed by atoms with Gasteiger partial charge in [0.1, 0.15) is 12.9 Å². The largest absolute Gasteiger partial charge is 0.446 e. The van der Waals surface area contributed by atoms with E-state index in [1.807, 2.05) is 0 Å². The van der Waals surface area contributed by atoms with Crippen molar-refractivity contribution in [3.8, 4) is 0 Å². The van der Waals surface area contributed by atoms with E-state index in [0.717, 1.165) is 0 Å². The molecule has 12 heavy (non-hydrogen) atoms. The fourth-order valence-corrected chi connectivity index (χ4v) is 0.720. The van der Waals surface area contributed by atoms with Gasteiger partial charge in [0.2, 0.25) is 0 Å². The fourth-order valence-electron chi connectivity index (χ4n) is 0.720. The Labute approximate surface area is 69.2 Å². The van der Waals surface area contributed by atoms with Crippen LogP contribution in [0.4, 0.5) is 14.9 Å². The van der Waals surface area contributed by atoms with Gasteiger partial charge < -0.3 is 4.74 Å². The standard InChI is InChI=1S/C8H7FNO2/c1-12-8(11)10-7-4-2-3-6(9)5-7/h2-5H,1H2,(H,10,11). The predicted molar refractivity (Wildman–Crippen MR) is 41.9 cm³/mol. The van der Waals surface area contributed by atoms with Crippen LogP contribution in [0.3, 0.4) is 0 Å². The van der Waals surface area contributed by atoms with Crippen LogP contribution in [0.2, 0.25) is 0 Å². The van der Waals surface area contributed by atoms with Gasteiger partial charge in [0.05, 0.1) is 0 Å². The highest BCUT2D eigenvalue weighted by molar-refractivity contribution is 5.84. The van der Waals surface area contributed by atoms with E-state index in [4.69, 9.17) is 0 Å². The minimum Gasteiger partial charge on any atom is -0.446 e. The van der Waals surface area contributed by atoms with Gasteiger partial charge in [-0.2, -0.15) is 0 Å². The van der Waals surface area contributed by atoms with E-state index in [9.17, 15) is 9.18 Å². The maximum absolute atomic E-state index is 12.5. The van der Waals surface area contributed by atoms with Gasteiger partial charge in [0, 0.05) is 5.69 Å². The second-order valence-electron chi connectivity index (χ2n) is 2.07. The smallest absolute Gasteiger partial charge is 0.411 e. The predicted octanol–water partition coefficient (Wildman–Crippen LogP) is 2.17. The van der Waals surface area contributed by atoms with E-state index in [2.05, 4.69) is 17.2 Å². The summed E-state index contributed by atoms with van der Waals surface area (Å²) in [4.78, 5) is 10.6. The Kier molecular flexibility index (Phi) is 2.63. The number of amides is 1. The Balaban J connectivity index is 2.69. The number of benzene rings is 1. The molecule has 1 aromatic carbocycles. The summed E-state index contributed by atoms with van der Waals surface area (Å²) in [5.41, 5.74) is 0.337. The highest BCUT2D eigenvalue weighted by atomic mass is 19.1. The average Bonchev–Trinajstić information content (AvgIpc) is 2.04. The number of rotatable bonds is 1. The molecule has 1 N–H and O–H groups in total. The Morgan fingerprint density at radius 3 is 2.92 bits per heavy atom. The molecule has 1 amide bonds. The number of ether oxygens (including phenoxy) is 1. The number of halogens is 1. The minimum absolute atomic E-state index is 0.337. The van der Waals surface area contributed by atoms with Crippen molar-refractivity contribution in [3.63, 3.8) is 0 Å². The van der Waals surface area contributed by atoms with Crippen LogP contribution in [0, 0.1) is 12.9 Å². The third-order valence-corrected chi connectivity index (χ3v) is 1.20. The van der Waals surface area contributed by atoms with E-state index in [1.165, 1.54) is 18.2 Å². The molecule has 0 aromatic heterocycles. The zero-order valence-corrected chi connectivity index (χ0v) is 6.21. The molecule has 3 nitrogen and oxygen atoms in total. The van der Waals surface area contributed by atoms with Crippen LogP contribution in [-0.4, -0.2) is 6.09 Å². The molecule has 0 saturated carbocycles. The van der Waals surface area contributed by atoms with Crippen LogP contribution < -0.4 is 5.32 Å². The van der Waals surface area contributed by atoms with Gasteiger partial charge in [-0.3, -0.25) is 5.32 Å². The number of hydrogen-bond donors (Lipinski definition) is 1. The second-order valence-corrected chi connectivity index (χ2v) is 2.07. The number of anilines is 1. The maximum atomic E-state index is 12.5. The number of carbonyl (C=O) groups is 1. The van der Waals surface area contributed by atoms with Crippen LogP contribution >= 0.6 is 0 Å². The van der Waals surface area contributed by atoms with Gasteiger partial charge in [-0.1, -0.05) is 6.07 Å². The van der Waals surface area contributed by atoms with E-state index >= 15 is 0 Å². The van der Waals surface area contributed by atoms with Crippen molar-refractivity contribution in [2.75, 3.05) is 5.32 Å². The average molecular weight is 168 g/mol. The van der Waals surface area contributed by atoms with Gasteiger partial charge in [0.25, 0.3) is 0 Å². The molecular weight excluding hydrogens is 161 g/mol. The summed E-state index contributed by atoms with van der Waals surface area (Å²) in [5.74, 6) is -0.420. The lowest BCUT2D eigenvalue weighted by molar-refractivity contribution is 0.199.